The molecule has 0 bridgehead atoms. The lowest BCUT2D eigenvalue weighted by molar-refractivity contribution is -0.384. The van der Waals surface area contributed by atoms with Gasteiger partial charge in [0.25, 0.3) is 5.69 Å². The number of carbonyl (C=O) groups is 1. The van der Waals surface area contributed by atoms with E-state index in [9.17, 15) is 20.0 Å². The van der Waals surface area contributed by atoms with Gasteiger partial charge in [-0.2, -0.15) is 0 Å². The van der Waals surface area contributed by atoms with Crippen molar-refractivity contribution < 1.29 is 14.8 Å². The number of nitrogens with zero attached hydrogens (tertiary/aromatic N) is 1. The van der Waals surface area contributed by atoms with Crippen molar-refractivity contribution in [3.63, 3.8) is 0 Å². The van der Waals surface area contributed by atoms with Gasteiger partial charge in [0.05, 0.1) is 17.1 Å². The van der Waals surface area contributed by atoms with Gasteiger partial charge in [-0.05, 0) is 17.5 Å². The number of nitro groups is 1. The molecule has 7 heteroatoms. The van der Waals surface area contributed by atoms with E-state index < -0.39 is 17.1 Å². The summed E-state index contributed by atoms with van der Waals surface area (Å²) in [6.07, 6.45) is 0.454. The number of fused-ring (bicyclic) bond motifs is 1. The first-order chi connectivity index (χ1) is 9.52. The van der Waals surface area contributed by atoms with Crippen LogP contribution >= 0.6 is 11.6 Å². The summed E-state index contributed by atoms with van der Waals surface area (Å²) in [5.41, 5.74) is 1.40. The molecule has 0 aliphatic heterocycles. The molecular formula is C13H15ClN2O4. The number of aliphatic hydroxyl groups excluding tert-OH is 1. The number of halogens is 1. The first-order valence-electron chi connectivity index (χ1n) is 6.33. The van der Waals surface area contributed by atoms with Crippen molar-refractivity contribution in [3.05, 3.63) is 39.4 Å². The minimum absolute atomic E-state index is 0.0437. The molecule has 1 aromatic carbocycles. The summed E-state index contributed by atoms with van der Waals surface area (Å²) in [5.74, 6) is 0.178. The summed E-state index contributed by atoms with van der Waals surface area (Å²) in [5, 5.41) is 23.5. The zero-order valence-corrected chi connectivity index (χ0v) is 11.5. The summed E-state index contributed by atoms with van der Waals surface area (Å²) in [6, 6.07) is 3.86. The lowest BCUT2D eigenvalue weighted by Crippen LogP contribution is -2.33. The molecule has 2 rings (SSSR count). The van der Waals surface area contributed by atoms with Gasteiger partial charge >= 0.3 is 0 Å². The van der Waals surface area contributed by atoms with Gasteiger partial charge in [-0.15, -0.1) is 11.6 Å². The van der Waals surface area contributed by atoms with Gasteiger partial charge in [-0.1, -0.05) is 6.07 Å². The zero-order valence-electron chi connectivity index (χ0n) is 10.7. The maximum atomic E-state index is 11.7. The Morgan fingerprint density at radius 1 is 1.55 bits per heavy atom. The summed E-state index contributed by atoms with van der Waals surface area (Å²) in [7, 11) is 0. The summed E-state index contributed by atoms with van der Waals surface area (Å²) >= 11 is 5.52. The van der Waals surface area contributed by atoms with E-state index >= 15 is 0 Å². The highest BCUT2D eigenvalue weighted by atomic mass is 35.5. The second-order valence-electron chi connectivity index (χ2n) is 4.75. The smallest absolute Gasteiger partial charge is 0.269 e. The van der Waals surface area contributed by atoms with Crippen molar-refractivity contribution in [2.45, 2.75) is 31.4 Å². The van der Waals surface area contributed by atoms with Gasteiger partial charge in [-0.25, -0.2) is 0 Å². The van der Waals surface area contributed by atoms with E-state index in [2.05, 4.69) is 5.32 Å². The Bertz CT molecular complexity index is 535. The predicted molar refractivity (Wildman–Crippen MR) is 73.6 cm³/mol. The molecule has 0 fully saturated rings. The van der Waals surface area contributed by atoms with E-state index in [-0.39, 0.29) is 18.0 Å². The average Bonchev–Trinajstić information content (AvgIpc) is 2.72. The van der Waals surface area contributed by atoms with Crippen molar-refractivity contribution >= 4 is 23.2 Å². The second kappa shape index (κ2) is 6.19. The molecule has 2 atom stereocenters. The van der Waals surface area contributed by atoms with Crippen LogP contribution in [0, 0.1) is 10.1 Å². The van der Waals surface area contributed by atoms with Crippen molar-refractivity contribution in [1.29, 1.82) is 0 Å². The molecule has 0 aromatic heterocycles. The monoisotopic (exact) mass is 298 g/mol. The van der Waals surface area contributed by atoms with Gasteiger partial charge in [0.15, 0.2) is 0 Å². The summed E-state index contributed by atoms with van der Waals surface area (Å²) in [4.78, 5) is 22.0. The minimum Gasteiger partial charge on any atom is -0.390 e. The number of amides is 1. The van der Waals surface area contributed by atoms with Gasteiger partial charge in [-0.3, -0.25) is 14.9 Å². The third-order valence-electron chi connectivity index (χ3n) is 3.34. The third kappa shape index (κ3) is 3.08. The fourth-order valence-corrected chi connectivity index (χ4v) is 2.50. The van der Waals surface area contributed by atoms with Crippen molar-refractivity contribution in [3.8, 4) is 0 Å². The fraction of sp³-hybridized carbons (Fsp3) is 0.462. The standard InChI is InChI=1S/C13H15ClN2O4/c14-5-1-2-12(18)15-13-10-7-9(16(19)20)4-3-8(10)6-11(13)17/h3-4,7,11,13,17H,1-2,5-6H2,(H,15,18). The molecule has 0 saturated heterocycles. The lowest BCUT2D eigenvalue weighted by Gasteiger charge is -2.17. The Kier molecular flexibility index (Phi) is 4.57. The van der Waals surface area contributed by atoms with E-state index in [0.29, 0.717) is 24.3 Å². The number of carbonyl (C=O) groups excluding carboxylic acids is 1. The first kappa shape index (κ1) is 14.7. The van der Waals surface area contributed by atoms with Gasteiger partial charge < -0.3 is 10.4 Å². The van der Waals surface area contributed by atoms with Crippen LogP contribution in [0.15, 0.2) is 18.2 Å². The maximum Gasteiger partial charge on any atom is 0.269 e. The average molecular weight is 299 g/mol. The number of nitro benzene ring substituents is 1. The summed E-state index contributed by atoms with van der Waals surface area (Å²) in [6.45, 7) is 0. The molecule has 0 saturated carbocycles. The molecule has 0 spiro atoms. The molecule has 2 N–H and O–H groups in total. The Balaban J connectivity index is 2.18. The van der Waals surface area contributed by atoms with Crippen LogP contribution in [0.5, 0.6) is 0 Å². The molecule has 1 amide bonds. The number of benzene rings is 1. The highest BCUT2D eigenvalue weighted by molar-refractivity contribution is 6.17. The molecule has 108 valence electrons. The zero-order chi connectivity index (χ0) is 14.7. The second-order valence-corrected chi connectivity index (χ2v) is 5.13. The van der Waals surface area contributed by atoms with E-state index in [1.807, 2.05) is 0 Å². The minimum atomic E-state index is -0.757. The van der Waals surface area contributed by atoms with Gasteiger partial charge in [0.1, 0.15) is 0 Å². The Hall–Kier alpha value is -1.66. The van der Waals surface area contributed by atoms with E-state index in [1.54, 1.807) is 6.07 Å². The van der Waals surface area contributed by atoms with Crippen LogP contribution in [-0.2, 0) is 11.2 Å². The van der Waals surface area contributed by atoms with Crippen LogP contribution in [0.1, 0.15) is 30.0 Å². The number of hydrogen-bond acceptors (Lipinski definition) is 4. The number of alkyl halides is 1. The van der Waals surface area contributed by atoms with Crippen LogP contribution in [0.4, 0.5) is 5.69 Å². The van der Waals surface area contributed by atoms with Crippen LogP contribution < -0.4 is 5.32 Å². The predicted octanol–water partition coefficient (Wildman–Crippen LogP) is 1.69. The number of aliphatic hydroxyl groups is 1. The van der Waals surface area contributed by atoms with E-state index in [0.717, 1.165) is 5.56 Å². The van der Waals surface area contributed by atoms with Gasteiger partial charge in [0, 0.05) is 30.9 Å². The molecule has 0 radical (unpaired) electrons. The van der Waals surface area contributed by atoms with Crippen LogP contribution in [0.25, 0.3) is 0 Å². The van der Waals surface area contributed by atoms with Crippen LogP contribution in [0.3, 0.4) is 0 Å². The molecule has 1 aliphatic carbocycles. The topological polar surface area (TPSA) is 92.5 Å². The van der Waals surface area contributed by atoms with E-state index in [1.165, 1.54) is 12.1 Å². The Morgan fingerprint density at radius 2 is 2.30 bits per heavy atom. The molecule has 6 nitrogen and oxygen atoms in total. The van der Waals surface area contributed by atoms with E-state index in [4.69, 9.17) is 11.6 Å². The molecule has 2 unspecified atom stereocenters. The van der Waals surface area contributed by atoms with Crippen molar-refractivity contribution in [1.82, 2.24) is 5.32 Å². The van der Waals surface area contributed by atoms with Gasteiger partial charge in [0.2, 0.25) is 5.91 Å². The van der Waals surface area contributed by atoms with Crippen molar-refractivity contribution in [2.24, 2.45) is 0 Å². The highest BCUT2D eigenvalue weighted by Crippen LogP contribution is 2.34. The van der Waals surface area contributed by atoms with Crippen LogP contribution in [0.2, 0.25) is 0 Å². The van der Waals surface area contributed by atoms with Crippen molar-refractivity contribution in [2.75, 3.05) is 5.88 Å². The molecular weight excluding hydrogens is 284 g/mol. The third-order valence-corrected chi connectivity index (χ3v) is 3.61. The Labute approximate surface area is 120 Å². The number of non-ortho nitro benzene ring substituents is 1. The highest BCUT2D eigenvalue weighted by Gasteiger charge is 2.33. The number of hydrogen-bond donors (Lipinski definition) is 2. The normalized spacial score (nSPS) is 20.5. The molecule has 0 heterocycles. The first-order valence-corrected chi connectivity index (χ1v) is 6.87. The number of nitrogens with one attached hydrogen (secondary N) is 1. The number of rotatable bonds is 5. The summed E-state index contributed by atoms with van der Waals surface area (Å²) < 4.78 is 0. The Morgan fingerprint density at radius 3 is 2.95 bits per heavy atom. The molecule has 20 heavy (non-hydrogen) atoms. The SMILES string of the molecule is O=C(CCCCl)NC1c2cc([N+](=O)[O-])ccc2CC1O. The maximum absolute atomic E-state index is 11.7. The van der Waals surface area contributed by atoms with Crippen LogP contribution in [-0.4, -0.2) is 27.9 Å². The quantitative estimate of drug-likeness (QED) is 0.491. The largest absolute Gasteiger partial charge is 0.390 e. The molecule has 1 aliphatic rings. The molecule has 1 aromatic rings. The fourth-order valence-electron chi connectivity index (χ4n) is 2.37. The lowest BCUT2D eigenvalue weighted by atomic mass is 10.1.